The zero-order valence-electron chi connectivity index (χ0n) is 31.6. The average Bonchev–Trinajstić information content (AvgIpc) is 3.74. The number of hydrogen-bond acceptors (Lipinski definition) is 13. The van der Waals surface area contributed by atoms with Gasteiger partial charge in [0.1, 0.15) is 16.4 Å². The minimum Gasteiger partial charge on any atom is -0.375 e. The van der Waals surface area contributed by atoms with Crippen LogP contribution >= 0.6 is 34.7 Å². The van der Waals surface area contributed by atoms with Gasteiger partial charge in [-0.15, -0.1) is 11.3 Å². The molecule has 1 unspecified atom stereocenters. The number of nitrogens with one attached hydrogen (secondary N) is 2. The summed E-state index contributed by atoms with van der Waals surface area (Å²) in [6.45, 7) is 4.10. The summed E-state index contributed by atoms with van der Waals surface area (Å²) in [5.74, 6) is 0.275. The van der Waals surface area contributed by atoms with Crippen LogP contribution in [0.3, 0.4) is 0 Å². The van der Waals surface area contributed by atoms with E-state index in [0.717, 1.165) is 54.4 Å². The van der Waals surface area contributed by atoms with Crippen LogP contribution < -0.4 is 14.9 Å². The van der Waals surface area contributed by atoms with Gasteiger partial charge in [0, 0.05) is 98.8 Å². The maximum atomic E-state index is 13.7. The second kappa shape index (κ2) is 18.1. The summed E-state index contributed by atoms with van der Waals surface area (Å²) in [6.07, 6.45) is 3.02. The zero-order valence-corrected chi connectivity index (χ0v) is 34.8. The van der Waals surface area contributed by atoms with E-state index >= 15 is 0 Å². The molecule has 2 aromatic heterocycles. The molecular formula is C40H40ClN9O5S3. The first-order valence-electron chi connectivity index (χ1n) is 18.3. The van der Waals surface area contributed by atoms with Gasteiger partial charge >= 0.3 is 0 Å². The Kier molecular flexibility index (Phi) is 12.7. The van der Waals surface area contributed by atoms with Crippen molar-refractivity contribution in [2.24, 2.45) is 0 Å². The summed E-state index contributed by atoms with van der Waals surface area (Å²) >= 11 is 9.00. The minimum absolute atomic E-state index is 0.0482. The highest BCUT2D eigenvalue weighted by Crippen LogP contribution is 2.33. The van der Waals surface area contributed by atoms with E-state index in [1.807, 2.05) is 47.8 Å². The Bertz CT molecular complexity index is 2520. The molecule has 7 rings (SSSR count). The van der Waals surface area contributed by atoms with Gasteiger partial charge in [-0.25, -0.2) is 23.4 Å². The molecule has 1 aliphatic rings. The lowest BCUT2D eigenvalue weighted by molar-refractivity contribution is -0.384. The van der Waals surface area contributed by atoms with Gasteiger partial charge in [0.2, 0.25) is 5.91 Å². The van der Waals surface area contributed by atoms with E-state index in [1.54, 1.807) is 26.4 Å². The van der Waals surface area contributed by atoms with Crippen molar-refractivity contribution in [3.8, 4) is 11.1 Å². The second-order valence-electron chi connectivity index (χ2n) is 13.8. The molecule has 2 N–H and O–H groups in total. The Morgan fingerprint density at radius 3 is 2.50 bits per heavy atom. The molecule has 0 saturated carbocycles. The second-order valence-corrected chi connectivity index (χ2v) is 18.1. The summed E-state index contributed by atoms with van der Waals surface area (Å²) in [5.41, 5.74) is 4.70. The highest BCUT2D eigenvalue weighted by molar-refractivity contribution is 8.01. The number of halogens is 1. The van der Waals surface area contributed by atoms with E-state index in [2.05, 4.69) is 53.0 Å². The predicted molar refractivity (Wildman–Crippen MR) is 231 cm³/mol. The van der Waals surface area contributed by atoms with Crippen molar-refractivity contribution in [3.63, 3.8) is 0 Å². The number of carbonyl (C=O) groups is 1. The fraction of sp³-hybridized carbons (Fsp3) is 0.250. The molecule has 58 heavy (non-hydrogen) atoms. The van der Waals surface area contributed by atoms with Crippen molar-refractivity contribution in [3.05, 3.63) is 124 Å². The van der Waals surface area contributed by atoms with Gasteiger partial charge in [0.25, 0.3) is 15.7 Å². The lowest BCUT2D eigenvalue weighted by Crippen LogP contribution is -2.46. The maximum absolute atomic E-state index is 13.7. The van der Waals surface area contributed by atoms with Crippen LogP contribution in [0.2, 0.25) is 5.02 Å². The van der Waals surface area contributed by atoms with E-state index in [0.29, 0.717) is 21.7 Å². The van der Waals surface area contributed by atoms with Gasteiger partial charge in [0.15, 0.2) is 5.82 Å². The molecule has 0 aliphatic carbocycles. The Labute approximate surface area is 349 Å². The number of anilines is 3. The van der Waals surface area contributed by atoms with Crippen molar-refractivity contribution < 1.29 is 18.1 Å². The fourth-order valence-corrected chi connectivity index (χ4v) is 9.51. The molecular weight excluding hydrogens is 818 g/mol. The first-order valence-corrected chi connectivity index (χ1v) is 22.0. The summed E-state index contributed by atoms with van der Waals surface area (Å²) < 4.78 is 30.7. The number of hydrogen-bond donors (Lipinski definition) is 2. The SMILES string of the molecule is CN(C)C(=O)CC(CSc1nccs1)Nc1ccc(S(=O)(=O)Nc2ncnc3cc(N4CCN(Cc5ccccc5-c5ccc(Cl)cc5)CC4)ccc23)cc1[N+](=O)[O-]. The number of carbonyl (C=O) groups excluding carboxylic acids is 1. The van der Waals surface area contributed by atoms with Crippen LogP contribution in [-0.4, -0.2) is 96.1 Å². The quantitative estimate of drug-likeness (QED) is 0.0595. The number of sulfonamides is 1. The molecule has 0 bridgehead atoms. The van der Waals surface area contributed by atoms with Crippen LogP contribution in [0.4, 0.5) is 22.9 Å². The van der Waals surface area contributed by atoms with Crippen molar-refractivity contribution in [1.82, 2.24) is 24.8 Å². The maximum Gasteiger partial charge on any atom is 0.293 e. The number of nitro groups is 1. The van der Waals surface area contributed by atoms with Crippen molar-refractivity contribution in [2.45, 2.75) is 28.2 Å². The van der Waals surface area contributed by atoms with Crippen LogP contribution in [0.15, 0.2) is 112 Å². The molecule has 1 amide bonds. The average molecular weight is 858 g/mol. The number of thioether (sulfide) groups is 1. The van der Waals surface area contributed by atoms with E-state index in [9.17, 15) is 23.3 Å². The molecule has 1 aliphatic heterocycles. The molecule has 14 nitrogen and oxygen atoms in total. The number of thiazole rings is 1. The lowest BCUT2D eigenvalue weighted by Gasteiger charge is -2.36. The number of rotatable bonds is 15. The lowest BCUT2D eigenvalue weighted by atomic mass is 9.99. The van der Waals surface area contributed by atoms with Gasteiger partial charge in [-0.2, -0.15) is 0 Å². The first kappa shape index (κ1) is 40.9. The third-order valence-electron chi connectivity index (χ3n) is 9.73. The molecule has 3 heterocycles. The van der Waals surface area contributed by atoms with Crippen LogP contribution in [0, 0.1) is 10.1 Å². The molecule has 4 aromatic carbocycles. The number of amides is 1. The van der Waals surface area contributed by atoms with Crippen LogP contribution in [-0.2, 0) is 21.4 Å². The van der Waals surface area contributed by atoms with Gasteiger partial charge in [-0.1, -0.05) is 59.8 Å². The minimum atomic E-state index is -4.33. The number of fused-ring (bicyclic) bond motifs is 1. The van der Waals surface area contributed by atoms with E-state index in [-0.39, 0.29) is 28.7 Å². The van der Waals surface area contributed by atoms with Crippen molar-refractivity contribution in [2.75, 3.05) is 61.0 Å². The van der Waals surface area contributed by atoms with Crippen LogP contribution in [0.25, 0.3) is 22.0 Å². The number of aromatic nitrogens is 3. The third-order valence-corrected chi connectivity index (χ3v) is 13.4. The molecule has 18 heteroatoms. The first-order chi connectivity index (χ1) is 27.9. The summed E-state index contributed by atoms with van der Waals surface area (Å²) in [7, 11) is -1.06. The van der Waals surface area contributed by atoms with Crippen molar-refractivity contribution in [1.29, 1.82) is 0 Å². The molecule has 1 atom stereocenters. The zero-order chi connectivity index (χ0) is 40.8. The highest BCUT2D eigenvalue weighted by atomic mass is 35.5. The van der Waals surface area contributed by atoms with Gasteiger partial charge < -0.3 is 15.1 Å². The molecule has 0 radical (unpaired) electrons. The predicted octanol–water partition coefficient (Wildman–Crippen LogP) is 7.49. The molecule has 6 aromatic rings. The summed E-state index contributed by atoms with van der Waals surface area (Å²) in [4.78, 5) is 43.0. The smallest absolute Gasteiger partial charge is 0.293 e. The van der Waals surface area contributed by atoms with E-state index < -0.39 is 26.7 Å². The van der Waals surface area contributed by atoms with Gasteiger partial charge in [-0.05, 0) is 59.2 Å². The summed E-state index contributed by atoms with van der Waals surface area (Å²) in [6, 6.07) is 25.1. The van der Waals surface area contributed by atoms with Crippen molar-refractivity contribution >= 4 is 84.4 Å². The number of piperazine rings is 1. The fourth-order valence-electron chi connectivity index (χ4n) is 6.65. The molecule has 1 saturated heterocycles. The Hall–Kier alpha value is -5.33. The number of benzene rings is 4. The molecule has 300 valence electrons. The largest absolute Gasteiger partial charge is 0.375 e. The third kappa shape index (κ3) is 9.85. The Morgan fingerprint density at radius 2 is 1.78 bits per heavy atom. The monoisotopic (exact) mass is 857 g/mol. The Morgan fingerprint density at radius 1 is 1.00 bits per heavy atom. The normalized spacial score (nSPS) is 13.9. The number of nitro benzene ring substituents is 1. The number of nitrogens with zero attached hydrogens (tertiary/aromatic N) is 7. The van der Waals surface area contributed by atoms with Gasteiger partial charge in [0.05, 0.1) is 15.3 Å². The summed E-state index contributed by atoms with van der Waals surface area (Å²) in [5, 5.41) is 18.4. The highest BCUT2D eigenvalue weighted by Gasteiger charge is 2.26. The van der Waals surface area contributed by atoms with Gasteiger partial charge in [-0.3, -0.25) is 24.5 Å². The molecule has 0 spiro atoms. The standard InChI is InChI=1S/C40H40ClN9O5S3/c1-47(2)38(51)21-30(25-57-40-42-15-20-56-40)45-35-14-12-32(23-37(35)50(52)53)58(54,55)46-39-34-13-11-31(22-36(34)43-26-44-39)49-18-16-48(17-19-49)24-28-5-3-4-6-33(28)27-7-9-29(41)10-8-27/h3-15,20,22-23,26,30,45H,16-19,21,24-25H2,1-2H3,(H,43,44,46). The van der Waals surface area contributed by atoms with E-state index in [1.165, 1.54) is 57.6 Å². The van der Waals surface area contributed by atoms with E-state index in [4.69, 9.17) is 11.6 Å². The van der Waals surface area contributed by atoms with Crippen LogP contribution in [0.5, 0.6) is 0 Å². The molecule has 1 fully saturated rings. The topological polar surface area (TPSA) is 167 Å². The van der Waals surface area contributed by atoms with Crippen LogP contribution in [0.1, 0.15) is 12.0 Å². The Balaban J connectivity index is 1.03.